The molecule has 156 valence electrons. The van der Waals surface area contributed by atoms with E-state index >= 15 is 0 Å². The average Bonchev–Trinajstić information content (AvgIpc) is 3.25. The molecule has 0 bridgehead atoms. The number of phenols is 1. The molecule has 1 aliphatic heterocycles. The van der Waals surface area contributed by atoms with Crippen molar-refractivity contribution in [3.63, 3.8) is 0 Å². The molecule has 31 heavy (non-hydrogen) atoms. The van der Waals surface area contributed by atoms with Crippen LogP contribution in [0.2, 0.25) is 0 Å². The third kappa shape index (κ3) is 3.16. The lowest BCUT2D eigenvalue weighted by Gasteiger charge is -2.35. The Hall–Kier alpha value is -3.94. The summed E-state index contributed by atoms with van der Waals surface area (Å²) >= 11 is 0. The van der Waals surface area contributed by atoms with Crippen LogP contribution < -0.4 is 5.32 Å². The van der Waals surface area contributed by atoms with Gasteiger partial charge in [-0.15, -0.1) is 0 Å². The van der Waals surface area contributed by atoms with Gasteiger partial charge in [-0.2, -0.15) is 10.1 Å². The van der Waals surface area contributed by atoms with E-state index in [4.69, 9.17) is 4.74 Å². The monoisotopic (exact) mass is 416 g/mol. The Morgan fingerprint density at radius 3 is 2.68 bits per heavy atom. The van der Waals surface area contributed by atoms with Crippen LogP contribution in [-0.4, -0.2) is 38.7 Å². The van der Waals surface area contributed by atoms with E-state index in [1.807, 2.05) is 12.1 Å². The fourth-order valence-corrected chi connectivity index (χ4v) is 4.43. The first kappa shape index (κ1) is 19.0. The number of methoxy groups -OCH3 is 1. The van der Waals surface area contributed by atoms with Gasteiger partial charge in [-0.1, -0.05) is 30.3 Å². The van der Waals surface area contributed by atoms with E-state index in [2.05, 4.69) is 15.4 Å². The molecule has 0 radical (unpaired) electrons. The van der Waals surface area contributed by atoms with E-state index in [1.165, 1.54) is 13.4 Å². The molecule has 2 atom stereocenters. The Morgan fingerprint density at radius 1 is 1.16 bits per heavy atom. The zero-order valence-electron chi connectivity index (χ0n) is 16.8. The first-order valence-corrected chi connectivity index (χ1v) is 9.95. The number of carbonyl (C=O) groups is 2. The van der Waals surface area contributed by atoms with Gasteiger partial charge in [0.1, 0.15) is 18.1 Å². The maximum absolute atomic E-state index is 13.3. The molecule has 2 heterocycles. The van der Waals surface area contributed by atoms with Gasteiger partial charge < -0.3 is 15.2 Å². The summed E-state index contributed by atoms with van der Waals surface area (Å²) in [6, 6.07) is 13.6. The molecule has 0 spiro atoms. The summed E-state index contributed by atoms with van der Waals surface area (Å²) < 4.78 is 6.46. The van der Waals surface area contributed by atoms with Crippen molar-refractivity contribution >= 4 is 17.7 Å². The molecule has 3 aromatic rings. The molecule has 0 unspecified atom stereocenters. The van der Waals surface area contributed by atoms with E-state index < -0.39 is 12.0 Å². The van der Waals surface area contributed by atoms with Crippen LogP contribution in [0.5, 0.6) is 5.75 Å². The topological polar surface area (TPSA) is 106 Å². The lowest BCUT2D eigenvalue weighted by Crippen LogP contribution is -2.33. The molecule has 2 N–H and O–H groups in total. The van der Waals surface area contributed by atoms with Gasteiger partial charge in [0.15, 0.2) is 5.78 Å². The number of hydrogen-bond acceptors (Lipinski definition) is 7. The molecule has 0 amide bonds. The van der Waals surface area contributed by atoms with Crippen LogP contribution in [0, 0.1) is 0 Å². The number of anilines is 1. The van der Waals surface area contributed by atoms with Gasteiger partial charge in [0, 0.05) is 23.6 Å². The minimum atomic E-state index is -0.446. The normalized spacial score (nSPS) is 20.0. The van der Waals surface area contributed by atoms with E-state index in [0.29, 0.717) is 29.9 Å². The number of ether oxygens (including phenoxy) is 1. The summed E-state index contributed by atoms with van der Waals surface area (Å²) in [5.74, 6) is 0.184. The van der Waals surface area contributed by atoms with Crippen molar-refractivity contribution in [3.8, 4) is 5.75 Å². The number of allylic oxidation sites excluding steroid dienone is 2. The number of fused-ring (bicyclic) bond motifs is 1. The van der Waals surface area contributed by atoms with Crippen molar-refractivity contribution in [2.75, 3.05) is 12.4 Å². The molecular weight excluding hydrogens is 396 g/mol. The SMILES string of the molecule is COC(=O)c1ccc([C@H]2C3=C(C[C@H](c4ccccc4O)CC3=O)Nc3ncnn32)cc1. The second kappa shape index (κ2) is 7.39. The fourth-order valence-electron chi connectivity index (χ4n) is 4.43. The lowest BCUT2D eigenvalue weighted by molar-refractivity contribution is -0.116. The zero-order valence-corrected chi connectivity index (χ0v) is 16.8. The predicted octanol–water partition coefficient (Wildman–Crippen LogP) is 3.19. The van der Waals surface area contributed by atoms with Gasteiger partial charge >= 0.3 is 5.97 Å². The minimum absolute atomic E-state index is 0.00908. The van der Waals surface area contributed by atoms with Crippen LogP contribution >= 0.6 is 0 Å². The van der Waals surface area contributed by atoms with Crippen LogP contribution in [0.4, 0.5) is 5.95 Å². The van der Waals surface area contributed by atoms with Crippen molar-refractivity contribution in [2.24, 2.45) is 0 Å². The Labute approximate surface area is 178 Å². The number of nitrogens with one attached hydrogen (secondary N) is 1. The number of hydrogen-bond donors (Lipinski definition) is 2. The molecule has 1 aromatic heterocycles. The average molecular weight is 416 g/mol. The highest BCUT2D eigenvalue weighted by atomic mass is 16.5. The number of esters is 1. The van der Waals surface area contributed by atoms with Crippen LogP contribution in [0.15, 0.2) is 66.1 Å². The van der Waals surface area contributed by atoms with Crippen LogP contribution in [0.3, 0.4) is 0 Å². The van der Waals surface area contributed by atoms with Crippen molar-refractivity contribution in [1.29, 1.82) is 0 Å². The lowest BCUT2D eigenvalue weighted by atomic mass is 9.77. The zero-order chi connectivity index (χ0) is 21.5. The van der Waals surface area contributed by atoms with E-state index in [1.54, 1.807) is 41.1 Å². The first-order chi connectivity index (χ1) is 15.1. The molecule has 0 fully saturated rings. The van der Waals surface area contributed by atoms with E-state index in [-0.39, 0.29) is 17.5 Å². The summed E-state index contributed by atoms with van der Waals surface area (Å²) in [6.45, 7) is 0. The van der Waals surface area contributed by atoms with E-state index in [9.17, 15) is 14.7 Å². The minimum Gasteiger partial charge on any atom is -0.508 e. The molecule has 1 aliphatic carbocycles. The number of para-hydroxylation sites is 1. The number of phenolic OH excluding ortho intramolecular Hbond substituents is 1. The largest absolute Gasteiger partial charge is 0.508 e. The second-order valence-electron chi connectivity index (χ2n) is 7.65. The number of nitrogens with zero attached hydrogens (tertiary/aromatic N) is 3. The number of carbonyl (C=O) groups excluding carboxylic acids is 2. The Bertz CT molecular complexity index is 1210. The number of aromatic hydroxyl groups is 1. The molecular formula is C23H20N4O4. The molecule has 2 aliphatic rings. The maximum atomic E-state index is 13.3. The fraction of sp³-hybridized carbons (Fsp3) is 0.217. The van der Waals surface area contributed by atoms with Crippen molar-refractivity contribution in [1.82, 2.24) is 14.8 Å². The Morgan fingerprint density at radius 2 is 1.94 bits per heavy atom. The van der Waals surface area contributed by atoms with Gasteiger partial charge in [0.2, 0.25) is 5.95 Å². The molecule has 5 rings (SSSR count). The summed E-state index contributed by atoms with van der Waals surface area (Å²) in [7, 11) is 1.34. The molecule has 0 saturated heterocycles. The van der Waals surface area contributed by atoms with Gasteiger partial charge in [-0.05, 0) is 35.7 Å². The quantitative estimate of drug-likeness (QED) is 0.632. The Kier molecular flexibility index (Phi) is 4.54. The summed E-state index contributed by atoms with van der Waals surface area (Å²) in [5.41, 5.74) is 3.43. The van der Waals surface area contributed by atoms with Gasteiger partial charge in [0.05, 0.1) is 12.7 Å². The van der Waals surface area contributed by atoms with Crippen LogP contribution in [0.1, 0.15) is 46.3 Å². The molecule has 0 saturated carbocycles. The summed E-state index contributed by atoms with van der Waals surface area (Å²) in [6.07, 6.45) is 2.31. The number of aromatic nitrogens is 3. The smallest absolute Gasteiger partial charge is 0.337 e. The second-order valence-corrected chi connectivity index (χ2v) is 7.65. The highest BCUT2D eigenvalue weighted by molar-refractivity contribution is 6.00. The van der Waals surface area contributed by atoms with Crippen molar-refractivity contribution < 1.29 is 19.4 Å². The van der Waals surface area contributed by atoms with Gasteiger partial charge in [-0.25, -0.2) is 9.48 Å². The summed E-state index contributed by atoms with van der Waals surface area (Å²) in [5, 5.41) is 17.9. The third-order valence-corrected chi connectivity index (χ3v) is 5.89. The molecule has 8 nitrogen and oxygen atoms in total. The third-order valence-electron chi connectivity index (χ3n) is 5.89. The summed E-state index contributed by atoms with van der Waals surface area (Å²) in [4.78, 5) is 29.4. The van der Waals surface area contributed by atoms with E-state index in [0.717, 1.165) is 16.8 Å². The van der Waals surface area contributed by atoms with Crippen molar-refractivity contribution in [2.45, 2.75) is 24.8 Å². The van der Waals surface area contributed by atoms with Gasteiger partial charge in [-0.3, -0.25) is 4.79 Å². The van der Waals surface area contributed by atoms with Crippen LogP contribution in [-0.2, 0) is 9.53 Å². The van der Waals surface area contributed by atoms with Gasteiger partial charge in [0.25, 0.3) is 0 Å². The Balaban J connectivity index is 1.57. The number of Topliss-reactive ketones (excluding diaryl/α,β-unsaturated/α-hetero) is 1. The van der Waals surface area contributed by atoms with Crippen molar-refractivity contribution in [3.05, 3.63) is 82.8 Å². The molecule has 8 heteroatoms. The molecule has 2 aromatic carbocycles. The van der Waals surface area contributed by atoms with Crippen LogP contribution in [0.25, 0.3) is 0 Å². The number of ketones is 1. The maximum Gasteiger partial charge on any atom is 0.337 e. The number of rotatable bonds is 3. The first-order valence-electron chi connectivity index (χ1n) is 9.95. The predicted molar refractivity (Wildman–Crippen MR) is 112 cm³/mol. The standard InChI is InChI=1S/C23H20N4O4/c1-31-22(30)14-8-6-13(7-9-14)21-20-17(26-23-24-12-25-27(21)23)10-15(11-19(20)29)16-4-2-3-5-18(16)28/h2-9,12,15,21,28H,10-11H2,1H3,(H,24,25,26)/t15-,21-/m0/s1. The highest BCUT2D eigenvalue weighted by Gasteiger charge is 2.39. The number of benzene rings is 2. The highest BCUT2D eigenvalue weighted by Crippen LogP contribution is 2.45.